The molecule has 1 atom stereocenters. The first-order valence-corrected chi connectivity index (χ1v) is 8.02. The third-order valence-corrected chi connectivity index (χ3v) is 4.46. The largest absolute Gasteiger partial charge is 0.369 e. The number of carbonyl (C=O) groups is 1. The molecule has 0 aromatic carbocycles. The van der Waals surface area contributed by atoms with Crippen LogP contribution in [0.5, 0.6) is 0 Å². The summed E-state index contributed by atoms with van der Waals surface area (Å²) in [6, 6.07) is 7.76. The molecule has 0 saturated carbocycles. The van der Waals surface area contributed by atoms with Crippen LogP contribution in [0.25, 0.3) is 16.9 Å². The number of hydrogen-bond donors (Lipinski definition) is 1. The normalized spacial score (nSPS) is 18.0. The number of amides is 1. The molecule has 0 unspecified atom stereocenters. The van der Waals surface area contributed by atoms with Crippen LogP contribution < -0.4 is 10.6 Å². The third kappa shape index (κ3) is 2.58. The van der Waals surface area contributed by atoms with Crippen molar-refractivity contribution in [1.29, 1.82) is 0 Å². The molecule has 1 fully saturated rings. The standard InChI is InChI=1S/C17H18N6O/c18-17(24)13-2-1-9-22(11-13)16-10-14(12-3-6-19-7-4-12)21-15-5-8-20-23(15)16/h3-8,10,13H,1-2,9,11H2,(H2,18,24)/t13-/m0/s1. The number of piperidine rings is 1. The van der Waals surface area contributed by atoms with E-state index in [0.717, 1.165) is 42.1 Å². The van der Waals surface area contributed by atoms with Crippen molar-refractivity contribution in [3.05, 3.63) is 42.9 Å². The van der Waals surface area contributed by atoms with Gasteiger partial charge in [-0.15, -0.1) is 0 Å². The smallest absolute Gasteiger partial charge is 0.222 e. The molecule has 7 heteroatoms. The molecule has 1 aliphatic rings. The summed E-state index contributed by atoms with van der Waals surface area (Å²) in [6.45, 7) is 1.49. The topological polar surface area (TPSA) is 89.4 Å². The molecule has 3 aromatic heterocycles. The molecule has 1 saturated heterocycles. The van der Waals surface area contributed by atoms with E-state index in [1.165, 1.54) is 0 Å². The SMILES string of the molecule is NC(=O)[C@H]1CCCN(c2cc(-c3ccncc3)nc3ccnn23)C1. The van der Waals surface area contributed by atoms with E-state index in [0.29, 0.717) is 6.54 Å². The average Bonchev–Trinajstić information content (AvgIpc) is 3.10. The minimum absolute atomic E-state index is 0.123. The first-order chi connectivity index (χ1) is 11.7. The van der Waals surface area contributed by atoms with Crippen LogP contribution in [-0.2, 0) is 4.79 Å². The highest BCUT2D eigenvalue weighted by atomic mass is 16.1. The fourth-order valence-electron chi connectivity index (χ4n) is 3.21. The Labute approximate surface area is 139 Å². The van der Waals surface area contributed by atoms with E-state index in [1.54, 1.807) is 18.6 Å². The Bertz CT molecular complexity index is 875. The first-order valence-electron chi connectivity index (χ1n) is 8.02. The van der Waals surface area contributed by atoms with Crippen molar-refractivity contribution in [3.63, 3.8) is 0 Å². The molecule has 7 nitrogen and oxygen atoms in total. The number of pyridine rings is 1. The van der Waals surface area contributed by atoms with E-state index in [4.69, 9.17) is 5.73 Å². The van der Waals surface area contributed by atoms with Gasteiger partial charge in [-0.2, -0.15) is 9.61 Å². The van der Waals surface area contributed by atoms with Gasteiger partial charge >= 0.3 is 0 Å². The maximum absolute atomic E-state index is 11.6. The third-order valence-electron chi connectivity index (χ3n) is 4.46. The molecule has 1 aliphatic heterocycles. The summed E-state index contributed by atoms with van der Waals surface area (Å²) in [5, 5.41) is 4.38. The zero-order chi connectivity index (χ0) is 16.5. The zero-order valence-electron chi connectivity index (χ0n) is 13.2. The Hall–Kier alpha value is -2.96. The lowest BCUT2D eigenvalue weighted by molar-refractivity contribution is -0.122. The van der Waals surface area contributed by atoms with Crippen molar-refractivity contribution in [2.45, 2.75) is 12.8 Å². The summed E-state index contributed by atoms with van der Waals surface area (Å²) in [5.41, 5.74) is 8.15. The zero-order valence-corrected chi connectivity index (χ0v) is 13.2. The van der Waals surface area contributed by atoms with Gasteiger partial charge in [-0.1, -0.05) is 0 Å². The molecule has 24 heavy (non-hydrogen) atoms. The summed E-state index contributed by atoms with van der Waals surface area (Å²) in [6.07, 6.45) is 7.01. The predicted octanol–water partition coefficient (Wildman–Crippen LogP) is 1.49. The molecule has 122 valence electrons. The van der Waals surface area contributed by atoms with Gasteiger partial charge in [-0.25, -0.2) is 4.98 Å². The number of nitrogens with zero attached hydrogens (tertiary/aromatic N) is 5. The molecular formula is C17H18N6O. The second-order valence-corrected chi connectivity index (χ2v) is 6.02. The summed E-state index contributed by atoms with van der Waals surface area (Å²) >= 11 is 0. The lowest BCUT2D eigenvalue weighted by Crippen LogP contribution is -2.42. The maximum Gasteiger partial charge on any atom is 0.222 e. The van der Waals surface area contributed by atoms with Crippen molar-refractivity contribution in [1.82, 2.24) is 19.6 Å². The second-order valence-electron chi connectivity index (χ2n) is 6.02. The summed E-state index contributed by atoms with van der Waals surface area (Å²) in [4.78, 5) is 22.5. The minimum Gasteiger partial charge on any atom is -0.369 e. The Balaban J connectivity index is 1.79. The van der Waals surface area contributed by atoms with Crippen LogP contribution in [0.1, 0.15) is 12.8 Å². The van der Waals surface area contributed by atoms with Crippen molar-refractivity contribution in [2.75, 3.05) is 18.0 Å². The quantitative estimate of drug-likeness (QED) is 0.789. The van der Waals surface area contributed by atoms with E-state index in [2.05, 4.69) is 20.0 Å². The first kappa shape index (κ1) is 14.6. The lowest BCUT2D eigenvalue weighted by atomic mass is 9.97. The van der Waals surface area contributed by atoms with Crippen LogP contribution in [0.4, 0.5) is 5.82 Å². The highest BCUT2D eigenvalue weighted by Gasteiger charge is 2.26. The molecule has 2 N–H and O–H groups in total. The van der Waals surface area contributed by atoms with E-state index < -0.39 is 0 Å². The van der Waals surface area contributed by atoms with Gasteiger partial charge in [0.1, 0.15) is 5.82 Å². The van der Waals surface area contributed by atoms with Gasteiger partial charge in [0.2, 0.25) is 5.91 Å². The number of anilines is 1. The fourth-order valence-corrected chi connectivity index (χ4v) is 3.21. The Morgan fingerprint density at radius 3 is 2.83 bits per heavy atom. The highest BCUT2D eigenvalue weighted by molar-refractivity contribution is 5.77. The number of carbonyl (C=O) groups excluding carboxylic acids is 1. The number of fused-ring (bicyclic) bond motifs is 1. The van der Waals surface area contributed by atoms with Crippen molar-refractivity contribution < 1.29 is 4.79 Å². The van der Waals surface area contributed by atoms with E-state index in [9.17, 15) is 4.79 Å². The molecule has 0 spiro atoms. The Morgan fingerprint density at radius 1 is 1.21 bits per heavy atom. The Morgan fingerprint density at radius 2 is 2.04 bits per heavy atom. The number of nitrogens with two attached hydrogens (primary N) is 1. The summed E-state index contributed by atoms with van der Waals surface area (Å²) < 4.78 is 1.81. The van der Waals surface area contributed by atoms with Crippen molar-refractivity contribution in [2.24, 2.45) is 11.7 Å². The Kier molecular flexibility index (Phi) is 3.60. The molecule has 0 bridgehead atoms. The van der Waals surface area contributed by atoms with Gasteiger partial charge in [-0.05, 0) is 25.0 Å². The molecule has 4 heterocycles. The van der Waals surface area contributed by atoms with E-state index in [1.807, 2.05) is 28.8 Å². The summed E-state index contributed by atoms with van der Waals surface area (Å²) in [5.74, 6) is 0.574. The van der Waals surface area contributed by atoms with Gasteiger partial charge in [0.25, 0.3) is 0 Å². The van der Waals surface area contributed by atoms with Gasteiger partial charge in [0.15, 0.2) is 5.65 Å². The van der Waals surface area contributed by atoms with Gasteiger partial charge in [-0.3, -0.25) is 9.78 Å². The second kappa shape index (κ2) is 5.92. The predicted molar refractivity (Wildman–Crippen MR) is 90.3 cm³/mol. The number of primary amides is 1. The fraction of sp³-hybridized carbons (Fsp3) is 0.294. The molecule has 0 aliphatic carbocycles. The van der Waals surface area contributed by atoms with Gasteiger partial charge in [0, 0.05) is 43.2 Å². The minimum atomic E-state index is -0.236. The highest BCUT2D eigenvalue weighted by Crippen LogP contribution is 2.27. The number of aromatic nitrogens is 4. The average molecular weight is 322 g/mol. The maximum atomic E-state index is 11.6. The van der Waals surface area contributed by atoms with Crippen LogP contribution >= 0.6 is 0 Å². The molecular weight excluding hydrogens is 304 g/mol. The van der Waals surface area contributed by atoms with Crippen LogP contribution in [0.2, 0.25) is 0 Å². The van der Waals surface area contributed by atoms with E-state index in [-0.39, 0.29) is 11.8 Å². The van der Waals surface area contributed by atoms with Crippen LogP contribution in [0, 0.1) is 5.92 Å². The van der Waals surface area contributed by atoms with Crippen LogP contribution in [-0.4, -0.2) is 38.6 Å². The number of rotatable bonds is 3. The molecule has 0 radical (unpaired) electrons. The van der Waals surface area contributed by atoms with E-state index >= 15 is 0 Å². The molecule has 1 amide bonds. The summed E-state index contributed by atoms with van der Waals surface area (Å²) in [7, 11) is 0. The molecule has 4 rings (SSSR count). The lowest BCUT2D eigenvalue weighted by Gasteiger charge is -2.33. The van der Waals surface area contributed by atoms with Crippen LogP contribution in [0.3, 0.4) is 0 Å². The molecule has 3 aromatic rings. The number of hydrogen-bond acceptors (Lipinski definition) is 5. The van der Waals surface area contributed by atoms with Crippen LogP contribution in [0.15, 0.2) is 42.9 Å². The van der Waals surface area contributed by atoms with Crippen molar-refractivity contribution in [3.8, 4) is 11.3 Å². The van der Waals surface area contributed by atoms with Gasteiger partial charge < -0.3 is 10.6 Å². The van der Waals surface area contributed by atoms with Crippen molar-refractivity contribution >= 4 is 17.4 Å². The van der Waals surface area contributed by atoms with Gasteiger partial charge in [0.05, 0.1) is 17.8 Å². The monoisotopic (exact) mass is 322 g/mol.